The highest BCUT2D eigenvalue weighted by Gasteiger charge is 2.20. The summed E-state index contributed by atoms with van der Waals surface area (Å²) >= 11 is 6.21. The van der Waals surface area contributed by atoms with Crippen LogP contribution in [0.1, 0.15) is 52.3 Å². The van der Waals surface area contributed by atoms with E-state index in [9.17, 15) is 4.79 Å². The molecule has 0 saturated heterocycles. The highest BCUT2D eigenvalue weighted by atomic mass is 35.5. The SMILES string of the molecule is Cc1nn(Cc2ccc(C(=O)NC3CCC3)nc2)c(C)c1-c1ccc(C#N)c(Cl)c1. The molecule has 6 nitrogen and oxygen atoms in total. The van der Waals surface area contributed by atoms with E-state index < -0.39 is 0 Å². The summed E-state index contributed by atoms with van der Waals surface area (Å²) in [6, 6.07) is 11.5. The van der Waals surface area contributed by atoms with Crippen molar-refractivity contribution >= 4 is 17.5 Å². The summed E-state index contributed by atoms with van der Waals surface area (Å²) in [4.78, 5) is 16.6. The number of nitriles is 1. The molecule has 1 amide bonds. The second-order valence-corrected chi connectivity index (χ2v) is 8.07. The smallest absolute Gasteiger partial charge is 0.270 e. The second-order valence-electron chi connectivity index (χ2n) is 7.66. The van der Waals surface area contributed by atoms with Gasteiger partial charge in [-0.2, -0.15) is 10.4 Å². The Bertz CT molecular complexity index is 1140. The van der Waals surface area contributed by atoms with E-state index in [-0.39, 0.29) is 5.91 Å². The molecule has 7 heteroatoms. The number of nitrogens with one attached hydrogen (secondary N) is 1. The van der Waals surface area contributed by atoms with Gasteiger partial charge in [0.25, 0.3) is 5.91 Å². The van der Waals surface area contributed by atoms with Gasteiger partial charge in [0.2, 0.25) is 0 Å². The fourth-order valence-corrected chi connectivity index (χ4v) is 3.89. The Hall–Kier alpha value is -3.17. The fourth-order valence-electron chi connectivity index (χ4n) is 3.67. The lowest BCUT2D eigenvalue weighted by Crippen LogP contribution is -2.39. The molecule has 1 aliphatic rings. The van der Waals surface area contributed by atoms with Crippen molar-refractivity contribution in [3.63, 3.8) is 0 Å². The predicted octanol–water partition coefficient (Wildman–Crippen LogP) is 4.42. The highest BCUT2D eigenvalue weighted by molar-refractivity contribution is 6.32. The first-order chi connectivity index (χ1) is 14.5. The second kappa shape index (κ2) is 8.29. The molecule has 2 heterocycles. The lowest BCUT2D eigenvalue weighted by atomic mass is 9.93. The number of aryl methyl sites for hydroxylation is 1. The lowest BCUT2D eigenvalue weighted by molar-refractivity contribution is 0.0912. The van der Waals surface area contributed by atoms with Gasteiger partial charge >= 0.3 is 0 Å². The minimum atomic E-state index is -0.114. The zero-order chi connectivity index (χ0) is 21.3. The van der Waals surface area contributed by atoms with E-state index in [1.165, 1.54) is 6.42 Å². The van der Waals surface area contributed by atoms with E-state index in [1.54, 1.807) is 24.4 Å². The van der Waals surface area contributed by atoms with Crippen LogP contribution in [-0.4, -0.2) is 26.7 Å². The summed E-state index contributed by atoms with van der Waals surface area (Å²) in [5.41, 5.74) is 5.68. The number of hydrogen-bond donors (Lipinski definition) is 1. The van der Waals surface area contributed by atoms with Crippen molar-refractivity contribution in [1.82, 2.24) is 20.1 Å². The topological polar surface area (TPSA) is 83.6 Å². The Kier molecular flexibility index (Phi) is 5.56. The average molecular weight is 420 g/mol. The van der Waals surface area contributed by atoms with E-state index in [1.807, 2.05) is 30.7 Å². The van der Waals surface area contributed by atoms with Crippen LogP contribution in [0.3, 0.4) is 0 Å². The molecule has 3 aromatic rings. The summed E-state index contributed by atoms with van der Waals surface area (Å²) < 4.78 is 1.92. The van der Waals surface area contributed by atoms with E-state index >= 15 is 0 Å². The Balaban J connectivity index is 1.53. The van der Waals surface area contributed by atoms with Crippen LogP contribution in [0.2, 0.25) is 5.02 Å². The first-order valence-corrected chi connectivity index (χ1v) is 10.3. The normalized spacial score (nSPS) is 13.5. The quantitative estimate of drug-likeness (QED) is 0.663. The number of benzene rings is 1. The maximum Gasteiger partial charge on any atom is 0.270 e. The molecule has 1 fully saturated rings. The number of halogens is 1. The van der Waals surface area contributed by atoms with Crippen LogP contribution >= 0.6 is 11.6 Å². The monoisotopic (exact) mass is 419 g/mol. The van der Waals surface area contributed by atoms with Gasteiger partial charge in [0.05, 0.1) is 22.8 Å². The van der Waals surface area contributed by atoms with Gasteiger partial charge in [-0.15, -0.1) is 0 Å². The van der Waals surface area contributed by atoms with Gasteiger partial charge in [-0.3, -0.25) is 14.5 Å². The fraction of sp³-hybridized carbons (Fsp3) is 0.304. The van der Waals surface area contributed by atoms with Crippen LogP contribution in [0.5, 0.6) is 0 Å². The highest BCUT2D eigenvalue weighted by Crippen LogP contribution is 2.30. The number of amides is 1. The Morgan fingerprint density at radius 3 is 2.70 bits per heavy atom. The predicted molar refractivity (Wildman–Crippen MR) is 115 cm³/mol. The van der Waals surface area contributed by atoms with Crippen molar-refractivity contribution in [3.8, 4) is 17.2 Å². The van der Waals surface area contributed by atoms with Crippen LogP contribution in [-0.2, 0) is 6.54 Å². The van der Waals surface area contributed by atoms with Gasteiger partial charge in [0, 0.05) is 23.5 Å². The molecule has 2 aromatic heterocycles. The van der Waals surface area contributed by atoms with Crippen LogP contribution in [0, 0.1) is 25.2 Å². The first-order valence-electron chi connectivity index (χ1n) is 9.96. The van der Waals surface area contributed by atoms with Crippen molar-refractivity contribution in [2.45, 2.75) is 45.7 Å². The van der Waals surface area contributed by atoms with Crippen LogP contribution in [0.15, 0.2) is 36.5 Å². The third-order valence-electron chi connectivity index (χ3n) is 5.59. The van der Waals surface area contributed by atoms with E-state index in [0.717, 1.165) is 40.9 Å². The van der Waals surface area contributed by atoms with Gasteiger partial charge in [-0.05, 0) is 62.4 Å². The molecular weight excluding hydrogens is 398 g/mol. The summed E-state index contributed by atoms with van der Waals surface area (Å²) in [7, 11) is 0. The Labute approximate surface area is 180 Å². The maximum absolute atomic E-state index is 12.2. The number of pyridine rings is 1. The molecule has 4 rings (SSSR count). The van der Waals surface area contributed by atoms with Crippen LogP contribution in [0.4, 0.5) is 0 Å². The lowest BCUT2D eigenvalue weighted by Gasteiger charge is -2.26. The minimum absolute atomic E-state index is 0.114. The number of hydrogen-bond acceptors (Lipinski definition) is 4. The number of nitrogens with zero attached hydrogens (tertiary/aromatic N) is 4. The van der Waals surface area contributed by atoms with E-state index in [4.69, 9.17) is 16.9 Å². The average Bonchev–Trinajstić information content (AvgIpc) is 2.98. The number of carbonyl (C=O) groups excluding carboxylic acids is 1. The van der Waals surface area contributed by atoms with E-state index in [2.05, 4.69) is 21.5 Å². The van der Waals surface area contributed by atoms with Crippen molar-refractivity contribution in [2.24, 2.45) is 0 Å². The van der Waals surface area contributed by atoms with Gasteiger partial charge in [-0.25, -0.2) is 0 Å². The van der Waals surface area contributed by atoms with Crippen molar-refractivity contribution < 1.29 is 4.79 Å². The zero-order valence-corrected chi connectivity index (χ0v) is 17.7. The first kappa shape index (κ1) is 20.1. The molecule has 1 aromatic carbocycles. The molecule has 0 spiro atoms. The number of carbonyl (C=O) groups is 1. The van der Waals surface area contributed by atoms with Crippen molar-refractivity contribution in [3.05, 3.63) is 69.8 Å². The molecule has 0 radical (unpaired) electrons. The molecule has 0 aliphatic heterocycles. The summed E-state index contributed by atoms with van der Waals surface area (Å²) in [5, 5.41) is 17.2. The molecular formula is C23H22ClN5O. The zero-order valence-electron chi connectivity index (χ0n) is 16.9. The number of aromatic nitrogens is 3. The van der Waals surface area contributed by atoms with Crippen LogP contribution < -0.4 is 5.32 Å². The van der Waals surface area contributed by atoms with Gasteiger partial charge in [-0.1, -0.05) is 23.7 Å². The van der Waals surface area contributed by atoms with Gasteiger partial charge in [0.15, 0.2) is 0 Å². The number of rotatable bonds is 5. The molecule has 30 heavy (non-hydrogen) atoms. The maximum atomic E-state index is 12.2. The molecule has 1 aliphatic carbocycles. The molecule has 1 saturated carbocycles. The van der Waals surface area contributed by atoms with E-state index in [0.29, 0.717) is 28.9 Å². The summed E-state index contributed by atoms with van der Waals surface area (Å²) in [5.74, 6) is -0.114. The van der Waals surface area contributed by atoms with Gasteiger partial charge < -0.3 is 5.32 Å². The Morgan fingerprint density at radius 1 is 1.30 bits per heavy atom. The summed E-state index contributed by atoms with van der Waals surface area (Å²) in [6.07, 6.45) is 5.00. The standard InChI is InChI=1S/C23H22ClN5O/c1-14-22(17-7-8-18(11-25)20(24)10-17)15(2)29(28-14)13-16-6-9-21(26-12-16)23(30)27-19-4-3-5-19/h6-10,12,19H,3-5,13H2,1-2H3,(H,27,30). The third-order valence-corrected chi connectivity index (χ3v) is 5.90. The molecule has 0 bridgehead atoms. The minimum Gasteiger partial charge on any atom is -0.348 e. The molecule has 0 atom stereocenters. The third kappa shape index (κ3) is 3.94. The molecule has 0 unspecified atom stereocenters. The van der Waals surface area contributed by atoms with Crippen LogP contribution in [0.25, 0.3) is 11.1 Å². The Morgan fingerprint density at radius 2 is 2.10 bits per heavy atom. The van der Waals surface area contributed by atoms with Gasteiger partial charge in [0.1, 0.15) is 11.8 Å². The summed E-state index contributed by atoms with van der Waals surface area (Å²) in [6.45, 7) is 4.51. The van der Waals surface area contributed by atoms with Crippen molar-refractivity contribution in [1.29, 1.82) is 5.26 Å². The largest absolute Gasteiger partial charge is 0.348 e. The molecule has 152 valence electrons. The van der Waals surface area contributed by atoms with Crippen molar-refractivity contribution in [2.75, 3.05) is 0 Å². The molecule has 1 N–H and O–H groups in total.